The highest BCUT2D eigenvalue weighted by Crippen LogP contribution is 2.21. The first-order valence-corrected chi connectivity index (χ1v) is 7.85. The molecule has 2 N–H and O–H groups in total. The molecule has 2 aromatic carbocycles. The second kappa shape index (κ2) is 8.08. The van der Waals surface area contributed by atoms with E-state index < -0.39 is 0 Å². The molecule has 23 heavy (non-hydrogen) atoms. The van der Waals surface area contributed by atoms with Crippen LogP contribution in [-0.4, -0.2) is 12.1 Å². The number of carbonyl (C=O) groups is 1. The van der Waals surface area contributed by atoms with Gasteiger partial charge in [0, 0.05) is 11.8 Å². The Morgan fingerprint density at radius 2 is 1.61 bits per heavy atom. The van der Waals surface area contributed by atoms with E-state index in [4.69, 9.17) is 5.41 Å². The van der Waals surface area contributed by atoms with Crippen molar-refractivity contribution in [2.24, 2.45) is 0 Å². The normalized spacial score (nSPS) is 11.1. The van der Waals surface area contributed by atoms with Crippen molar-refractivity contribution in [2.75, 3.05) is 0 Å². The van der Waals surface area contributed by atoms with Crippen molar-refractivity contribution in [3.8, 4) is 11.1 Å². The van der Waals surface area contributed by atoms with Gasteiger partial charge in [0.1, 0.15) is 0 Å². The van der Waals surface area contributed by atoms with Crippen LogP contribution in [0.4, 0.5) is 0 Å². The fourth-order valence-corrected chi connectivity index (χ4v) is 2.36. The topological polar surface area (TPSA) is 53.0 Å². The molecule has 0 atom stereocenters. The number of hydrogen-bond donors (Lipinski definition) is 2. The molecule has 0 bridgehead atoms. The third kappa shape index (κ3) is 4.39. The Hall–Kier alpha value is -2.68. The van der Waals surface area contributed by atoms with Gasteiger partial charge in [-0.3, -0.25) is 4.79 Å². The first-order valence-electron chi connectivity index (χ1n) is 7.85. The van der Waals surface area contributed by atoms with Crippen LogP contribution >= 0.6 is 0 Å². The van der Waals surface area contributed by atoms with Crippen LogP contribution < -0.4 is 5.32 Å². The Morgan fingerprint density at radius 1 is 1.04 bits per heavy atom. The first kappa shape index (κ1) is 16.7. The van der Waals surface area contributed by atoms with Crippen LogP contribution in [0.2, 0.25) is 0 Å². The van der Waals surface area contributed by atoms with Crippen molar-refractivity contribution >= 4 is 12.1 Å². The lowest BCUT2D eigenvalue weighted by molar-refractivity contribution is 0.0968. The highest BCUT2D eigenvalue weighted by molar-refractivity contribution is 5.98. The second-order valence-electron chi connectivity index (χ2n) is 5.37. The second-order valence-corrected chi connectivity index (χ2v) is 5.37. The summed E-state index contributed by atoms with van der Waals surface area (Å²) in [6.45, 7) is 3.96. The summed E-state index contributed by atoms with van der Waals surface area (Å²) < 4.78 is 0. The van der Waals surface area contributed by atoms with E-state index in [2.05, 4.69) is 36.5 Å². The van der Waals surface area contributed by atoms with E-state index in [9.17, 15) is 4.79 Å². The average molecular weight is 306 g/mol. The maximum Gasteiger partial charge on any atom is 0.255 e. The van der Waals surface area contributed by atoms with Gasteiger partial charge in [-0.2, -0.15) is 0 Å². The number of rotatable bonds is 6. The molecule has 0 spiro atoms. The SMILES string of the molecule is C/C=C(\C=N)NC(=O)c1ccc(-c2ccc(CCC)cc2)cc1. The van der Waals surface area contributed by atoms with Gasteiger partial charge in [-0.1, -0.05) is 55.8 Å². The van der Waals surface area contributed by atoms with Gasteiger partial charge >= 0.3 is 0 Å². The third-order valence-electron chi connectivity index (χ3n) is 3.70. The molecule has 0 heterocycles. The van der Waals surface area contributed by atoms with Crippen molar-refractivity contribution < 1.29 is 4.79 Å². The Labute approximate surface area is 137 Å². The zero-order valence-electron chi connectivity index (χ0n) is 13.6. The minimum absolute atomic E-state index is 0.202. The zero-order chi connectivity index (χ0) is 16.7. The molecule has 0 aromatic heterocycles. The first-order chi connectivity index (χ1) is 11.2. The van der Waals surface area contributed by atoms with Gasteiger partial charge in [0.15, 0.2) is 0 Å². The quantitative estimate of drug-likeness (QED) is 0.754. The molecule has 0 aliphatic carbocycles. The molecule has 0 unspecified atom stereocenters. The van der Waals surface area contributed by atoms with Crippen molar-refractivity contribution in [3.63, 3.8) is 0 Å². The standard InChI is InChI=1S/C20H22N2O/c1-3-5-15-6-8-16(9-7-15)17-10-12-18(13-11-17)20(23)22-19(4-2)14-21/h4,6-14,21H,3,5H2,1-2H3,(H,22,23)/b19-4+,21-14?. The molecule has 0 aliphatic heterocycles. The number of hydrogen-bond acceptors (Lipinski definition) is 2. The molecule has 0 radical (unpaired) electrons. The molecular formula is C20H22N2O. The van der Waals surface area contributed by atoms with Crippen LogP contribution in [0.15, 0.2) is 60.3 Å². The van der Waals surface area contributed by atoms with Crippen LogP contribution in [0.25, 0.3) is 11.1 Å². The van der Waals surface area contributed by atoms with Gasteiger partial charge in [-0.05, 0) is 42.2 Å². The van der Waals surface area contributed by atoms with E-state index in [0.717, 1.165) is 30.2 Å². The molecule has 0 saturated heterocycles. The lowest BCUT2D eigenvalue weighted by atomic mass is 10.0. The molecular weight excluding hydrogens is 284 g/mol. The third-order valence-corrected chi connectivity index (χ3v) is 3.70. The Bertz CT molecular complexity index is 697. The highest BCUT2D eigenvalue weighted by atomic mass is 16.1. The Balaban J connectivity index is 2.12. The molecule has 2 rings (SSSR count). The maximum absolute atomic E-state index is 12.1. The van der Waals surface area contributed by atoms with Crippen LogP contribution in [0, 0.1) is 5.41 Å². The minimum atomic E-state index is -0.202. The van der Waals surface area contributed by atoms with Crippen LogP contribution in [0.5, 0.6) is 0 Å². The zero-order valence-corrected chi connectivity index (χ0v) is 13.6. The number of allylic oxidation sites excluding steroid dienone is 2. The summed E-state index contributed by atoms with van der Waals surface area (Å²) in [5, 5.41) is 9.89. The summed E-state index contributed by atoms with van der Waals surface area (Å²) >= 11 is 0. The van der Waals surface area contributed by atoms with Crippen molar-refractivity contribution in [1.82, 2.24) is 5.32 Å². The Morgan fingerprint density at radius 3 is 2.09 bits per heavy atom. The van der Waals surface area contributed by atoms with Gasteiger partial charge in [0.25, 0.3) is 5.91 Å². The van der Waals surface area contributed by atoms with Crippen LogP contribution in [-0.2, 0) is 6.42 Å². The summed E-state index contributed by atoms with van der Waals surface area (Å²) in [6.07, 6.45) is 5.06. The van der Waals surface area contributed by atoms with Gasteiger partial charge in [0.05, 0.1) is 5.70 Å². The summed E-state index contributed by atoms with van der Waals surface area (Å²) in [5.41, 5.74) is 4.65. The summed E-state index contributed by atoms with van der Waals surface area (Å²) in [4.78, 5) is 12.1. The molecule has 0 saturated carbocycles. The summed E-state index contributed by atoms with van der Waals surface area (Å²) in [6, 6.07) is 16.1. The number of carbonyl (C=O) groups excluding carboxylic acids is 1. The molecule has 118 valence electrons. The van der Waals surface area contributed by atoms with Crippen molar-refractivity contribution in [2.45, 2.75) is 26.7 Å². The lowest BCUT2D eigenvalue weighted by Crippen LogP contribution is -2.23. The predicted octanol–water partition coefficient (Wildman–Crippen LogP) is 4.59. The summed E-state index contributed by atoms with van der Waals surface area (Å²) in [5.74, 6) is -0.202. The minimum Gasteiger partial charge on any atom is -0.321 e. The fourth-order valence-electron chi connectivity index (χ4n) is 2.36. The maximum atomic E-state index is 12.1. The van der Waals surface area contributed by atoms with E-state index in [1.54, 1.807) is 13.0 Å². The van der Waals surface area contributed by atoms with E-state index in [1.807, 2.05) is 24.3 Å². The Kier molecular flexibility index (Phi) is 5.87. The fraction of sp³-hybridized carbons (Fsp3) is 0.200. The lowest BCUT2D eigenvalue weighted by Gasteiger charge is -2.07. The molecule has 1 amide bonds. The van der Waals surface area contributed by atoms with Crippen molar-refractivity contribution in [1.29, 1.82) is 5.41 Å². The summed E-state index contributed by atoms with van der Waals surface area (Å²) in [7, 11) is 0. The number of benzene rings is 2. The largest absolute Gasteiger partial charge is 0.321 e. The monoisotopic (exact) mass is 306 g/mol. The van der Waals surface area contributed by atoms with Gasteiger partial charge in [-0.25, -0.2) is 0 Å². The van der Waals surface area contributed by atoms with Crippen molar-refractivity contribution in [3.05, 3.63) is 71.4 Å². The smallest absolute Gasteiger partial charge is 0.255 e. The van der Waals surface area contributed by atoms with E-state index in [-0.39, 0.29) is 5.91 Å². The van der Waals surface area contributed by atoms with Crippen LogP contribution in [0.3, 0.4) is 0 Å². The molecule has 3 nitrogen and oxygen atoms in total. The molecule has 0 aliphatic rings. The predicted molar refractivity (Wildman–Crippen MR) is 95.9 cm³/mol. The molecule has 3 heteroatoms. The average Bonchev–Trinajstić information content (AvgIpc) is 2.60. The number of aryl methyl sites for hydroxylation is 1. The number of amides is 1. The van der Waals surface area contributed by atoms with E-state index in [0.29, 0.717) is 11.3 Å². The van der Waals surface area contributed by atoms with E-state index in [1.165, 1.54) is 5.56 Å². The van der Waals surface area contributed by atoms with E-state index >= 15 is 0 Å². The number of nitrogens with one attached hydrogen (secondary N) is 2. The van der Waals surface area contributed by atoms with Gasteiger partial charge in [0.2, 0.25) is 0 Å². The highest BCUT2D eigenvalue weighted by Gasteiger charge is 2.07. The van der Waals surface area contributed by atoms with Gasteiger partial charge in [-0.15, -0.1) is 0 Å². The molecule has 2 aromatic rings. The molecule has 0 fully saturated rings. The van der Waals surface area contributed by atoms with Gasteiger partial charge < -0.3 is 10.7 Å². The van der Waals surface area contributed by atoms with Crippen LogP contribution in [0.1, 0.15) is 36.2 Å².